The van der Waals surface area contributed by atoms with Crippen LogP contribution in [0.1, 0.15) is 33.6 Å². The molecule has 4 rings (SSSR count). The summed E-state index contributed by atoms with van der Waals surface area (Å²) in [4.78, 5) is 15.0. The van der Waals surface area contributed by atoms with E-state index in [1.807, 2.05) is 63.8 Å². The number of rotatable bonds is 7. The van der Waals surface area contributed by atoms with E-state index in [9.17, 15) is 4.79 Å². The molecule has 0 saturated carbocycles. The lowest BCUT2D eigenvalue weighted by Gasteiger charge is -2.32. The molecule has 1 N–H and O–H groups in total. The highest BCUT2D eigenvalue weighted by atomic mass is 35.5. The van der Waals surface area contributed by atoms with Crippen LogP contribution in [0.4, 0.5) is 0 Å². The largest absolute Gasteiger partial charge is 0.353 e. The van der Waals surface area contributed by atoms with Gasteiger partial charge in [-0.3, -0.25) is 14.3 Å². The summed E-state index contributed by atoms with van der Waals surface area (Å²) < 4.78 is 4.53. The first kappa shape index (κ1) is 24.6. The monoisotopic (exact) mass is 497 g/mol. The van der Waals surface area contributed by atoms with E-state index >= 15 is 0 Å². The number of benzene rings is 2. The maximum atomic E-state index is 12.6. The maximum Gasteiger partial charge on any atom is 0.223 e. The Bertz CT molecular complexity index is 1160. The number of piperidine rings is 1. The van der Waals surface area contributed by atoms with Gasteiger partial charge in [-0.25, -0.2) is 4.68 Å². The number of hydrogen-bond donors (Lipinski definition) is 1. The Morgan fingerprint density at radius 3 is 2.35 bits per heavy atom. The van der Waals surface area contributed by atoms with E-state index in [4.69, 9.17) is 28.9 Å². The van der Waals surface area contributed by atoms with Gasteiger partial charge < -0.3 is 5.32 Å². The Hall–Kier alpha value is -2.48. The average molecular weight is 498 g/mol. The van der Waals surface area contributed by atoms with Crippen molar-refractivity contribution in [3.05, 3.63) is 64.4 Å². The Morgan fingerprint density at radius 1 is 1.09 bits per heavy atom. The number of nitrogens with one attached hydrogen (secondary N) is 1. The van der Waals surface area contributed by atoms with Gasteiger partial charge in [0.1, 0.15) is 0 Å². The summed E-state index contributed by atoms with van der Waals surface area (Å²) in [6, 6.07) is 17.9. The molecular formula is C26H32ClN5OS. The molecule has 8 heteroatoms. The minimum atomic E-state index is 0.0666. The van der Waals surface area contributed by atoms with Gasteiger partial charge in [-0.15, -0.1) is 5.10 Å². The molecule has 1 aromatic heterocycles. The third kappa shape index (κ3) is 5.59. The molecule has 2 heterocycles. The zero-order chi connectivity index (χ0) is 24.2. The lowest BCUT2D eigenvalue weighted by molar-refractivity contribution is -0.127. The smallest absolute Gasteiger partial charge is 0.223 e. The van der Waals surface area contributed by atoms with Crippen LogP contribution in [-0.4, -0.2) is 44.3 Å². The van der Waals surface area contributed by atoms with E-state index in [1.165, 1.54) is 0 Å². The van der Waals surface area contributed by atoms with Crippen LogP contribution in [0.2, 0.25) is 5.02 Å². The first-order chi connectivity index (χ1) is 16.3. The normalized spacial score (nSPS) is 16.0. The van der Waals surface area contributed by atoms with Crippen molar-refractivity contribution >= 4 is 29.7 Å². The van der Waals surface area contributed by atoms with Crippen molar-refractivity contribution in [2.45, 2.75) is 46.3 Å². The van der Waals surface area contributed by atoms with Crippen molar-refractivity contribution in [2.75, 3.05) is 13.1 Å². The standard InChI is InChI=1S/C26H32ClN5OS/c1-18(2)19(3)28-25(33)21-13-15-30(16-14-21)17-31-26(34)32(23-7-5-4-6-8-23)24(29-31)20-9-11-22(27)12-10-20/h4-12,18-19,21H,13-17H2,1-3H3,(H,28,33). The number of nitrogens with zero attached hydrogens (tertiary/aromatic N) is 4. The van der Waals surface area contributed by atoms with Gasteiger partial charge in [0.15, 0.2) is 5.82 Å². The molecule has 0 radical (unpaired) electrons. The fourth-order valence-corrected chi connectivity index (χ4v) is 4.55. The Kier molecular flexibility index (Phi) is 7.86. The van der Waals surface area contributed by atoms with Gasteiger partial charge in [0.05, 0.1) is 6.67 Å². The SMILES string of the molecule is CC(C)C(C)NC(=O)C1CCN(Cn2nc(-c3ccc(Cl)cc3)n(-c3ccccc3)c2=S)CC1. The molecule has 1 aliphatic heterocycles. The van der Waals surface area contributed by atoms with Crippen LogP contribution in [0.5, 0.6) is 0 Å². The fraction of sp³-hybridized carbons (Fsp3) is 0.423. The fourth-order valence-electron chi connectivity index (χ4n) is 4.13. The zero-order valence-corrected chi connectivity index (χ0v) is 21.5. The summed E-state index contributed by atoms with van der Waals surface area (Å²) in [5.41, 5.74) is 1.92. The van der Waals surface area contributed by atoms with Crippen LogP contribution in [0.15, 0.2) is 54.6 Å². The zero-order valence-electron chi connectivity index (χ0n) is 19.9. The molecular weight excluding hydrogens is 466 g/mol. The number of amides is 1. The summed E-state index contributed by atoms with van der Waals surface area (Å²) in [6.45, 7) is 8.60. The van der Waals surface area contributed by atoms with Crippen LogP contribution < -0.4 is 5.32 Å². The van der Waals surface area contributed by atoms with Crippen LogP contribution in [0.3, 0.4) is 0 Å². The van der Waals surface area contributed by atoms with Crippen molar-refractivity contribution in [1.82, 2.24) is 24.6 Å². The molecule has 0 spiro atoms. The van der Waals surface area contributed by atoms with Crippen molar-refractivity contribution in [2.24, 2.45) is 11.8 Å². The average Bonchev–Trinajstić information content (AvgIpc) is 3.16. The van der Waals surface area contributed by atoms with E-state index in [0.717, 1.165) is 43.0 Å². The number of para-hydroxylation sites is 1. The molecule has 34 heavy (non-hydrogen) atoms. The van der Waals surface area contributed by atoms with Gasteiger partial charge in [-0.2, -0.15) is 0 Å². The van der Waals surface area contributed by atoms with Gasteiger partial charge in [0.2, 0.25) is 10.7 Å². The highest BCUT2D eigenvalue weighted by Gasteiger charge is 2.27. The molecule has 1 unspecified atom stereocenters. The number of carbonyl (C=O) groups excluding carboxylic acids is 1. The summed E-state index contributed by atoms with van der Waals surface area (Å²) >= 11 is 12.0. The Morgan fingerprint density at radius 2 is 1.74 bits per heavy atom. The highest BCUT2D eigenvalue weighted by molar-refractivity contribution is 7.71. The quantitative estimate of drug-likeness (QED) is 0.434. The van der Waals surface area contributed by atoms with Crippen LogP contribution >= 0.6 is 23.8 Å². The molecule has 1 saturated heterocycles. The van der Waals surface area contributed by atoms with E-state index in [0.29, 0.717) is 22.4 Å². The number of hydrogen-bond acceptors (Lipinski definition) is 4. The predicted molar refractivity (Wildman–Crippen MR) is 140 cm³/mol. The van der Waals surface area contributed by atoms with Gasteiger partial charge in [-0.05, 0) is 74.3 Å². The Labute approximate surface area is 211 Å². The number of aromatic nitrogens is 3. The third-order valence-electron chi connectivity index (χ3n) is 6.62. The molecule has 0 aliphatic carbocycles. The minimum Gasteiger partial charge on any atom is -0.353 e. The lowest BCUT2D eigenvalue weighted by atomic mass is 9.95. The minimum absolute atomic E-state index is 0.0666. The second-order valence-electron chi connectivity index (χ2n) is 9.36. The van der Waals surface area contributed by atoms with Gasteiger partial charge >= 0.3 is 0 Å². The molecule has 0 bridgehead atoms. The highest BCUT2D eigenvalue weighted by Crippen LogP contribution is 2.25. The topological polar surface area (TPSA) is 55.1 Å². The third-order valence-corrected chi connectivity index (χ3v) is 7.26. The summed E-state index contributed by atoms with van der Waals surface area (Å²) in [7, 11) is 0. The van der Waals surface area contributed by atoms with Crippen molar-refractivity contribution in [3.8, 4) is 17.1 Å². The maximum absolute atomic E-state index is 12.6. The molecule has 1 atom stereocenters. The van der Waals surface area contributed by atoms with E-state index in [-0.39, 0.29) is 17.9 Å². The second-order valence-corrected chi connectivity index (χ2v) is 10.2. The van der Waals surface area contributed by atoms with E-state index in [1.54, 1.807) is 0 Å². The summed E-state index contributed by atoms with van der Waals surface area (Å²) in [5.74, 6) is 1.46. The first-order valence-corrected chi connectivity index (χ1v) is 12.7. The number of likely N-dealkylation sites (tertiary alicyclic amines) is 1. The summed E-state index contributed by atoms with van der Waals surface area (Å²) in [6.07, 6.45) is 1.68. The van der Waals surface area contributed by atoms with Gasteiger partial charge in [0, 0.05) is 41.3 Å². The van der Waals surface area contributed by atoms with Crippen molar-refractivity contribution in [1.29, 1.82) is 0 Å². The molecule has 1 aliphatic rings. The van der Waals surface area contributed by atoms with Crippen molar-refractivity contribution in [3.63, 3.8) is 0 Å². The Balaban J connectivity index is 1.52. The van der Waals surface area contributed by atoms with Gasteiger partial charge in [-0.1, -0.05) is 43.6 Å². The van der Waals surface area contributed by atoms with Crippen LogP contribution in [-0.2, 0) is 11.5 Å². The summed E-state index contributed by atoms with van der Waals surface area (Å²) in [5, 5.41) is 8.76. The lowest BCUT2D eigenvalue weighted by Crippen LogP contribution is -2.44. The molecule has 6 nitrogen and oxygen atoms in total. The number of carbonyl (C=O) groups is 1. The van der Waals surface area contributed by atoms with Gasteiger partial charge in [0.25, 0.3) is 0 Å². The molecule has 2 aromatic carbocycles. The first-order valence-electron chi connectivity index (χ1n) is 11.9. The molecule has 1 amide bonds. The number of halogens is 1. The van der Waals surface area contributed by atoms with E-state index in [2.05, 4.69) is 31.0 Å². The van der Waals surface area contributed by atoms with Crippen LogP contribution in [0, 0.1) is 16.6 Å². The second kappa shape index (κ2) is 10.8. The molecule has 1 fully saturated rings. The predicted octanol–water partition coefficient (Wildman–Crippen LogP) is 5.55. The van der Waals surface area contributed by atoms with Crippen molar-refractivity contribution < 1.29 is 4.79 Å². The van der Waals surface area contributed by atoms with Crippen LogP contribution in [0.25, 0.3) is 17.1 Å². The molecule has 180 valence electrons. The molecule has 3 aromatic rings. The van der Waals surface area contributed by atoms with E-state index < -0.39 is 0 Å².